The molecule has 16 heavy (non-hydrogen) atoms. The molecule has 0 heterocycles. The molecule has 2 rings (SSSR count). The fourth-order valence-corrected chi connectivity index (χ4v) is 1.64. The largest absolute Gasteiger partial charge is 0.493 e. The third-order valence-electron chi connectivity index (χ3n) is 2.85. The Morgan fingerprint density at radius 1 is 1.50 bits per heavy atom. The molecule has 1 aliphatic carbocycles. The SMILES string of the molecule is N#CCC1(COc2ccc(Cl)c(F)c2)CC1. The molecule has 0 atom stereocenters. The maximum absolute atomic E-state index is 13.1. The molecule has 0 saturated heterocycles. The van der Waals surface area contributed by atoms with Gasteiger partial charge in [-0.2, -0.15) is 5.26 Å². The Balaban J connectivity index is 1.95. The molecule has 1 aromatic rings. The van der Waals surface area contributed by atoms with E-state index in [0.29, 0.717) is 18.8 Å². The minimum atomic E-state index is -0.482. The minimum Gasteiger partial charge on any atom is -0.493 e. The van der Waals surface area contributed by atoms with E-state index in [0.717, 1.165) is 12.8 Å². The highest BCUT2D eigenvalue weighted by Crippen LogP contribution is 2.48. The first-order valence-electron chi connectivity index (χ1n) is 5.10. The zero-order valence-electron chi connectivity index (χ0n) is 8.67. The smallest absolute Gasteiger partial charge is 0.145 e. The van der Waals surface area contributed by atoms with E-state index in [9.17, 15) is 4.39 Å². The van der Waals surface area contributed by atoms with E-state index in [2.05, 4.69) is 6.07 Å². The average molecular weight is 240 g/mol. The summed E-state index contributed by atoms with van der Waals surface area (Å²) in [5, 5.41) is 8.73. The van der Waals surface area contributed by atoms with Crippen LogP contribution in [0.4, 0.5) is 4.39 Å². The molecule has 0 radical (unpaired) electrons. The van der Waals surface area contributed by atoms with E-state index in [1.54, 1.807) is 6.07 Å². The van der Waals surface area contributed by atoms with Crippen LogP contribution in [-0.4, -0.2) is 6.61 Å². The Morgan fingerprint density at radius 2 is 2.25 bits per heavy atom. The molecule has 0 unspecified atom stereocenters. The number of hydrogen-bond acceptors (Lipinski definition) is 2. The van der Waals surface area contributed by atoms with Gasteiger partial charge in [-0.1, -0.05) is 11.6 Å². The quantitative estimate of drug-likeness (QED) is 0.805. The van der Waals surface area contributed by atoms with E-state index in [1.165, 1.54) is 12.1 Å². The van der Waals surface area contributed by atoms with Gasteiger partial charge in [-0.25, -0.2) is 4.39 Å². The minimum absolute atomic E-state index is 0.00482. The standard InChI is InChI=1S/C12H11ClFNO/c13-10-2-1-9(7-11(10)14)16-8-12(3-4-12)5-6-15/h1-2,7H,3-5,8H2. The molecular weight excluding hydrogens is 229 g/mol. The topological polar surface area (TPSA) is 33.0 Å². The zero-order chi connectivity index (χ0) is 11.6. The van der Waals surface area contributed by atoms with Gasteiger partial charge in [0.15, 0.2) is 0 Å². The van der Waals surface area contributed by atoms with Gasteiger partial charge in [-0.3, -0.25) is 0 Å². The molecule has 0 aromatic heterocycles. The highest BCUT2D eigenvalue weighted by molar-refractivity contribution is 6.30. The van der Waals surface area contributed by atoms with Gasteiger partial charge in [0.1, 0.15) is 11.6 Å². The van der Waals surface area contributed by atoms with Crippen molar-refractivity contribution in [3.05, 3.63) is 29.0 Å². The third kappa shape index (κ3) is 2.45. The summed E-state index contributed by atoms with van der Waals surface area (Å²) in [5.74, 6) is -0.0181. The average Bonchev–Trinajstić information content (AvgIpc) is 3.01. The van der Waals surface area contributed by atoms with Gasteiger partial charge in [0.2, 0.25) is 0 Å². The molecule has 0 amide bonds. The molecule has 1 aliphatic rings. The molecule has 0 aliphatic heterocycles. The van der Waals surface area contributed by atoms with E-state index in [4.69, 9.17) is 21.6 Å². The first-order valence-corrected chi connectivity index (χ1v) is 5.48. The monoisotopic (exact) mass is 239 g/mol. The second kappa shape index (κ2) is 4.31. The Labute approximate surface area is 98.6 Å². The van der Waals surface area contributed by atoms with Crippen molar-refractivity contribution in [3.8, 4) is 11.8 Å². The third-order valence-corrected chi connectivity index (χ3v) is 3.15. The summed E-state index contributed by atoms with van der Waals surface area (Å²) < 4.78 is 18.6. The number of halogens is 2. The summed E-state index contributed by atoms with van der Waals surface area (Å²) in [6, 6.07) is 6.52. The molecule has 0 bridgehead atoms. The van der Waals surface area contributed by atoms with Crippen molar-refractivity contribution in [2.75, 3.05) is 6.61 Å². The van der Waals surface area contributed by atoms with E-state index in [-0.39, 0.29) is 10.4 Å². The van der Waals surface area contributed by atoms with Crippen molar-refractivity contribution >= 4 is 11.6 Å². The Hall–Kier alpha value is -1.27. The van der Waals surface area contributed by atoms with Crippen LogP contribution < -0.4 is 4.74 Å². The van der Waals surface area contributed by atoms with Crippen LogP contribution in [0.5, 0.6) is 5.75 Å². The lowest BCUT2D eigenvalue weighted by Gasteiger charge is -2.12. The van der Waals surface area contributed by atoms with Gasteiger partial charge in [-0.05, 0) is 25.0 Å². The number of rotatable bonds is 4. The number of benzene rings is 1. The maximum Gasteiger partial charge on any atom is 0.145 e. The van der Waals surface area contributed by atoms with Crippen LogP contribution in [0.15, 0.2) is 18.2 Å². The van der Waals surface area contributed by atoms with Crippen molar-refractivity contribution in [3.63, 3.8) is 0 Å². The summed E-state index contributed by atoms with van der Waals surface area (Å²) >= 11 is 5.56. The highest BCUT2D eigenvalue weighted by atomic mass is 35.5. The number of ether oxygens (including phenoxy) is 1. The predicted octanol–water partition coefficient (Wildman–Crippen LogP) is 3.55. The van der Waals surface area contributed by atoms with Gasteiger partial charge in [-0.15, -0.1) is 0 Å². The number of nitrogens with zero attached hydrogens (tertiary/aromatic N) is 1. The van der Waals surface area contributed by atoms with E-state index in [1.807, 2.05) is 0 Å². The Morgan fingerprint density at radius 3 is 2.81 bits per heavy atom. The van der Waals surface area contributed by atoms with Gasteiger partial charge < -0.3 is 4.74 Å². The fourth-order valence-electron chi connectivity index (χ4n) is 1.52. The maximum atomic E-state index is 13.1. The first-order chi connectivity index (χ1) is 7.65. The summed E-state index contributed by atoms with van der Waals surface area (Å²) in [5.41, 5.74) is 0.00482. The van der Waals surface area contributed by atoms with Crippen LogP contribution in [0.2, 0.25) is 5.02 Å². The molecular formula is C12H11ClFNO. The van der Waals surface area contributed by atoms with Gasteiger partial charge in [0.25, 0.3) is 0 Å². The van der Waals surface area contributed by atoms with Crippen LogP contribution in [0.3, 0.4) is 0 Å². The number of hydrogen-bond donors (Lipinski definition) is 0. The van der Waals surface area contributed by atoms with Gasteiger partial charge in [0.05, 0.1) is 17.7 Å². The summed E-state index contributed by atoms with van der Waals surface area (Å²) in [4.78, 5) is 0. The van der Waals surface area contributed by atoms with Crippen molar-refractivity contribution in [1.29, 1.82) is 5.26 Å². The molecule has 2 nitrogen and oxygen atoms in total. The second-order valence-electron chi connectivity index (χ2n) is 4.20. The lowest BCUT2D eigenvalue weighted by atomic mass is 10.1. The molecule has 1 saturated carbocycles. The van der Waals surface area contributed by atoms with Gasteiger partial charge >= 0.3 is 0 Å². The van der Waals surface area contributed by atoms with Crippen LogP contribution in [0, 0.1) is 22.6 Å². The van der Waals surface area contributed by atoms with Crippen LogP contribution in [0.25, 0.3) is 0 Å². The Bertz CT molecular complexity index is 437. The van der Waals surface area contributed by atoms with E-state index < -0.39 is 5.82 Å². The summed E-state index contributed by atoms with van der Waals surface area (Å²) in [7, 11) is 0. The molecule has 0 spiro atoms. The lowest BCUT2D eigenvalue weighted by Crippen LogP contribution is -2.12. The van der Waals surface area contributed by atoms with E-state index >= 15 is 0 Å². The first kappa shape index (κ1) is 11.2. The van der Waals surface area contributed by atoms with Crippen LogP contribution in [-0.2, 0) is 0 Å². The van der Waals surface area contributed by atoms with Crippen LogP contribution >= 0.6 is 11.6 Å². The van der Waals surface area contributed by atoms with Crippen molar-refractivity contribution in [2.45, 2.75) is 19.3 Å². The highest BCUT2D eigenvalue weighted by Gasteiger charge is 2.43. The normalized spacial score (nSPS) is 16.6. The number of nitriles is 1. The predicted molar refractivity (Wildman–Crippen MR) is 58.8 cm³/mol. The summed E-state index contributed by atoms with van der Waals surface area (Å²) in [6.07, 6.45) is 2.52. The molecule has 1 fully saturated rings. The Kier molecular flexibility index (Phi) is 3.02. The second-order valence-corrected chi connectivity index (χ2v) is 4.61. The lowest BCUT2D eigenvalue weighted by molar-refractivity contribution is 0.236. The van der Waals surface area contributed by atoms with Crippen molar-refractivity contribution in [2.24, 2.45) is 5.41 Å². The molecule has 4 heteroatoms. The van der Waals surface area contributed by atoms with Crippen molar-refractivity contribution in [1.82, 2.24) is 0 Å². The molecule has 1 aromatic carbocycles. The van der Waals surface area contributed by atoms with Crippen LogP contribution in [0.1, 0.15) is 19.3 Å². The molecule has 84 valence electrons. The fraction of sp³-hybridized carbons (Fsp3) is 0.417. The zero-order valence-corrected chi connectivity index (χ0v) is 9.43. The molecule has 0 N–H and O–H groups in total. The van der Waals surface area contributed by atoms with Gasteiger partial charge in [0, 0.05) is 17.9 Å². The van der Waals surface area contributed by atoms with Crippen molar-refractivity contribution < 1.29 is 9.13 Å². The summed E-state index contributed by atoms with van der Waals surface area (Å²) in [6.45, 7) is 0.474.